The van der Waals surface area contributed by atoms with Crippen LogP contribution in [-0.4, -0.2) is 48.7 Å². The lowest BCUT2D eigenvalue weighted by atomic mass is 10.1. The lowest BCUT2D eigenvalue weighted by Crippen LogP contribution is -2.47. The standard InChI is InChI=1S/C28H30F3N5O2/c1-2-3-4-7-17-38-27(37)22(19-32)25-26(34-24-12-6-5-11-23(24)33-25)36-15-13-35(14-16-36)21-10-8-9-20(18-21)28(29,30)31/h5-6,8-12,18,22H,2-4,7,13-17H2,1H3. The zero-order valence-electron chi connectivity index (χ0n) is 21.2. The number of benzene rings is 2. The van der Waals surface area contributed by atoms with Gasteiger partial charge in [0.05, 0.1) is 29.3 Å². The van der Waals surface area contributed by atoms with Crippen molar-refractivity contribution < 1.29 is 22.7 Å². The monoisotopic (exact) mass is 525 g/mol. The molecule has 1 atom stereocenters. The van der Waals surface area contributed by atoms with Crippen molar-refractivity contribution in [3.8, 4) is 6.07 Å². The third-order valence-electron chi connectivity index (χ3n) is 6.58. The van der Waals surface area contributed by atoms with E-state index in [1.807, 2.05) is 34.1 Å². The molecule has 1 aliphatic rings. The average molecular weight is 526 g/mol. The number of hydrogen-bond donors (Lipinski definition) is 0. The number of nitrogens with zero attached hydrogens (tertiary/aromatic N) is 5. The number of carbonyl (C=O) groups is 1. The number of halogens is 3. The SMILES string of the molecule is CCCCCCOC(=O)C(C#N)c1nc2ccccc2nc1N1CCN(c2cccc(C(F)(F)F)c2)CC1. The Morgan fingerprint density at radius 2 is 1.68 bits per heavy atom. The fraction of sp³-hybridized carbons (Fsp3) is 0.429. The lowest BCUT2D eigenvalue weighted by molar-refractivity contribution is -0.144. The molecule has 7 nitrogen and oxygen atoms in total. The van der Waals surface area contributed by atoms with E-state index in [0.717, 1.165) is 37.8 Å². The first-order valence-corrected chi connectivity index (χ1v) is 12.8. The van der Waals surface area contributed by atoms with Crippen molar-refractivity contribution in [2.75, 3.05) is 42.6 Å². The minimum absolute atomic E-state index is 0.234. The molecule has 1 unspecified atom stereocenters. The van der Waals surface area contributed by atoms with E-state index in [1.54, 1.807) is 12.1 Å². The number of hydrogen-bond acceptors (Lipinski definition) is 7. The van der Waals surface area contributed by atoms with Crippen LogP contribution in [0.15, 0.2) is 48.5 Å². The molecule has 3 aromatic rings. The highest BCUT2D eigenvalue weighted by Crippen LogP contribution is 2.33. The van der Waals surface area contributed by atoms with Crippen LogP contribution in [0.4, 0.5) is 24.7 Å². The van der Waals surface area contributed by atoms with Crippen LogP contribution in [-0.2, 0) is 15.7 Å². The molecule has 1 aliphatic heterocycles. The van der Waals surface area contributed by atoms with E-state index < -0.39 is 23.6 Å². The van der Waals surface area contributed by atoms with Crippen LogP contribution < -0.4 is 9.80 Å². The van der Waals surface area contributed by atoms with E-state index in [4.69, 9.17) is 9.72 Å². The van der Waals surface area contributed by atoms with Gasteiger partial charge in [-0.15, -0.1) is 0 Å². The summed E-state index contributed by atoms with van der Waals surface area (Å²) in [7, 11) is 0. The number of ether oxygens (including phenoxy) is 1. The summed E-state index contributed by atoms with van der Waals surface area (Å²) < 4.78 is 45.0. The molecule has 0 aliphatic carbocycles. The number of rotatable bonds is 9. The second-order valence-electron chi connectivity index (χ2n) is 9.23. The number of fused-ring (bicyclic) bond motifs is 1. The summed E-state index contributed by atoms with van der Waals surface area (Å²) in [5.74, 6) is -1.48. The normalized spacial score (nSPS) is 14.8. The summed E-state index contributed by atoms with van der Waals surface area (Å²) >= 11 is 0. The molecule has 1 aromatic heterocycles. The molecule has 1 saturated heterocycles. The summed E-state index contributed by atoms with van der Waals surface area (Å²) in [6, 6.07) is 14.5. The van der Waals surface area contributed by atoms with Gasteiger partial charge in [-0.3, -0.25) is 4.79 Å². The van der Waals surface area contributed by atoms with E-state index in [0.29, 0.717) is 48.7 Å². The van der Waals surface area contributed by atoms with Crippen LogP contribution in [0.2, 0.25) is 0 Å². The topological polar surface area (TPSA) is 82.3 Å². The molecular formula is C28H30F3N5O2. The number of para-hydroxylation sites is 2. The number of unbranched alkanes of at least 4 members (excludes halogenated alkanes) is 3. The van der Waals surface area contributed by atoms with E-state index in [2.05, 4.69) is 11.9 Å². The van der Waals surface area contributed by atoms with Crippen molar-refractivity contribution >= 4 is 28.5 Å². The van der Waals surface area contributed by atoms with E-state index >= 15 is 0 Å². The van der Waals surface area contributed by atoms with Gasteiger partial charge in [0.25, 0.3) is 0 Å². The summed E-state index contributed by atoms with van der Waals surface area (Å²) in [6.07, 6.45) is -0.633. The fourth-order valence-corrected chi connectivity index (χ4v) is 4.50. The second-order valence-corrected chi connectivity index (χ2v) is 9.23. The van der Waals surface area contributed by atoms with Crippen LogP contribution >= 0.6 is 0 Å². The third kappa shape index (κ3) is 6.33. The number of esters is 1. The summed E-state index contributed by atoms with van der Waals surface area (Å²) in [4.78, 5) is 26.1. The van der Waals surface area contributed by atoms with Crippen molar-refractivity contribution in [2.45, 2.75) is 44.7 Å². The zero-order valence-corrected chi connectivity index (χ0v) is 21.2. The number of anilines is 2. The molecule has 10 heteroatoms. The van der Waals surface area contributed by atoms with Crippen LogP contribution in [0.5, 0.6) is 0 Å². The number of aromatic nitrogens is 2. The van der Waals surface area contributed by atoms with Crippen molar-refractivity contribution in [2.24, 2.45) is 0 Å². The lowest BCUT2D eigenvalue weighted by Gasteiger charge is -2.37. The van der Waals surface area contributed by atoms with Gasteiger partial charge in [0.1, 0.15) is 5.69 Å². The molecule has 4 rings (SSSR count). The van der Waals surface area contributed by atoms with E-state index in [9.17, 15) is 23.2 Å². The molecule has 2 heterocycles. The first-order chi connectivity index (χ1) is 18.3. The highest BCUT2D eigenvalue weighted by molar-refractivity contribution is 5.85. The molecule has 0 saturated carbocycles. The fourth-order valence-electron chi connectivity index (χ4n) is 4.50. The summed E-state index contributed by atoms with van der Waals surface area (Å²) in [5, 5.41) is 9.93. The van der Waals surface area contributed by atoms with Gasteiger partial charge >= 0.3 is 12.1 Å². The average Bonchev–Trinajstić information content (AvgIpc) is 2.92. The van der Waals surface area contributed by atoms with Crippen molar-refractivity contribution in [3.05, 3.63) is 59.8 Å². The molecule has 0 N–H and O–H groups in total. The first kappa shape index (κ1) is 27.2. The minimum Gasteiger partial charge on any atom is -0.464 e. The zero-order chi connectivity index (χ0) is 27.1. The van der Waals surface area contributed by atoms with Gasteiger partial charge < -0.3 is 14.5 Å². The second kappa shape index (κ2) is 12.1. The molecule has 1 fully saturated rings. The Hall–Kier alpha value is -3.87. The Kier molecular flexibility index (Phi) is 8.66. The molecule has 38 heavy (non-hydrogen) atoms. The minimum atomic E-state index is -4.41. The van der Waals surface area contributed by atoms with Crippen molar-refractivity contribution in [1.29, 1.82) is 5.26 Å². The number of nitriles is 1. The number of piperazine rings is 1. The molecule has 0 spiro atoms. The van der Waals surface area contributed by atoms with Gasteiger partial charge in [0.15, 0.2) is 11.7 Å². The molecule has 200 valence electrons. The maximum atomic E-state index is 13.2. The van der Waals surface area contributed by atoms with Gasteiger partial charge in [-0.1, -0.05) is 44.4 Å². The predicted octanol–water partition coefficient (Wildman–Crippen LogP) is 5.71. The van der Waals surface area contributed by atoms with E-state index in [1.165, 1.54) is 6.07 Å². The van der Waals surface area contributed by atoms with Gasteiger partial charge in [0, 0.05) is 31.9 Å². The van der Waals surface area contributed by atoms with Crippen molar-refractivity contribution in [3.63, 3.8) is 0 Å². The quantitative estimate of drug-likeness (QED) is 0.262. The van der Waals surface area contributed by atoms with Crippen LogP contribution in [0.3, 0.4) is 0 Å². The highest BCUT2D eigenvalue weighted by atomic mass is 19.4. The molecule has 0 bridgehead atoms. The maximum Gasteiger partial charge on any atom is 0.416 e. The van der Waals surface area contributed by atoms with Crippen LogP contribution in [0.25, 0.3) is 11.0 Å². The Morgan fingerprint density at radius 1 is 1.00 bits per heavy atom. The Morgan fingerprint density at radius 3 is 2.34 bits per heavy atom. The van der Waals surface area contributed by atoms with Gasteiger partial charge in [0.2, 0.25) is 0 Å². The molecule has 0 amide bonds. The maximum absolute atomic E-state index is 13.2. The Balaban J connectivity index is 1.56. The third-order valence-corrected chi connectivity index (χ3v) is 6.58. The number of carbonyl (C=O) groups excluding carboxylic acids is 1. The Bertz CT molecular complexity index is 1300. The van der Waals surface area contributed by atoms with Crippen molar-refractivity contribution in [1.82, 2.24) is 9.97 Å². The van der Waals surface area contributed by atoms with Gasteiger partial charge in [-0.2, -0.15) is 18.4 Å². The van der Waals surface area contributed by atoms with Crippen LogP contribution in [0, 0.1) is 11.3 Å². The van der Waals surface area contributed by atoms with E-state index in [-0.39, 0.29) is 12.3 Å². The molecule has 2 aromatic carbocycles. The van der Waals surface area contributed by atoms with Gasteiger partial charge in [-0.25, -0.2) is 9.97 Å². The largest absolute Gasteiger partial charge is 0.464 e. The summed E-state index contributed by atoms with van der Waals surface area (Å²) in [6.45, 7) is 4.07. The van der Waals surface area contributed by atoms with Crippen LogP contribution in [0.1, 0.15) is 49.8 Å². The highest BCUT2D eigenvalue weighted by Gasteiger charge is 2.33. The number of alkyl halides is 3. The predicted molar refractivity (Wildman–Crippen MR) is 139 cm³/mol. The Labute approximate surface area is 219 Å². The smallest absolute Gasteiger partial charge is 0.416 e. The molecule has 0 radical (unpaired) electrons. The first-order valence-electron chi connectivity index (χ1n) is 12.8. The molecular weight excluding hydrogens is 495 g/mol. The summed E-state index contributed by atoms with van der Waals surface area (Å²) in [5.41, 5.74) is 1.22. The van der Waals surface area contributed by atoms with Gasteiger partial charge in [-0.05, 0) is 36.8 Å².